The van der Waals surface area contributed by atoms with Gasteiger partial charge in [0.15, 0.2) is 6.61 Å². The summed E-state index contributed by atoms with van der Waals surface area (Å²) >= 11 is 0. The van der Waals surface area contributed by atoms with E-state index in [1.54, 1.807) is 23.5 Å². The van der Waals surface area contributed by atoms with E-state index in [-0.39, 0.29) is 18.4 Å². The van der Waals surface area contributed by atoms with Crippen molar-refractivity contribution in [2.24, 2.45) is 5.92 Å². The van der Waals surface area contributed by atoms with Crippen LogP contribution in [0.4, 0.5) is 0 Å². The highest BCUT2D eigenvalue weighted by Gasteiger charge is 2.34. The fourth-order valence-corrected chi connectivity index (χ4v) is 3.00. The van der Waals surface area contributed by atoms with Crippen molar-refractivity contribution >= 4 is 5.91 Å². The monoisotopic (exact) mass is 341 g/mol. The summed E-state index contributed by atoms with van der Waals surface area (Å²) < 4.78 is 5.61. The van der Waals surface area contributed by atoms with E-state index in [2.05, 4.69) is 9.97 Å². The Morgan fingerprint density at radius 2 is 2.12 bits per heavy atom. The molecule has 0 spiro atoms. The van der Waals surface area contributed by atoms with Crippen LogP contribution in [0.2, 0.25) is 0 Å². The molecule has 3 rings (SSSR count). The zero-order valence-electron chi connectivity index (χ0n) is 14.6. The number of aromatic nitrogens is 2. The van der Waals surface area contributed by atoms with Crippen molar-refractivity contribution in [1.29, 1.82) is 0 Å². The van der Waals surface area contributed by atoms with Gasteiger partial charge in [-0.2, -0.15) is 0 Å². The van der Waals surface area contributed by atoms with Gasteiger partial charge in [-0.05, 0) is 43.5 Å². The average Bonchev–Trinajstić information content (AvgIpc) is 2.97. The number of β-amino-alcohol motifs (C(OH)–C–C–N with tert-alkyl or cyclic N) is 1. The Kier molecular flexibility index (Phi) is 5.28. The lowest BCUT2D eigenvalue weighted by Gasteiger charge is -2.16. The van der Waals surface area contributed by atoms with E-state index in [1.165, 1.54) is 5.56 Å². The van der Waals surface area contributed by atoms with E-state index in [0.717, 1.165) is 11.3 Å². The van der Waals surface area contributed by atoms with Gasteiger partial charge in [0.1, 0.15) is 5.75 Å². The Morgan fingerprint density at radius 3 is 2.84 bits per heavy atom. The van der Waals surface area contributed by atoms with Crippen LogP contribution >= 0.6 is 0 Å². The molecule has 1 fully saturated rings. The number of aliphatic hydroxyl groups is 1. The van der Waals surface area contributed by atoms with Crippen molar-refractivity contribution in [3.8, 4) is 5.75 Å². The molecule has 0 aliphatic carbocycles. The zero-order chi connectivity index (χ0) is 17.8. The SMILES string of the molecule is Cc1ccc(OCC(=O)N2C[C@@H](Cc3cnccn3)[C@H](O)C2)cc1C. The van der Waals surface area contributed by atoms with E-state index in [9.17, 15) is 9.90 Å². The number of carbonyl (C=O) groups excluding carboxylic acids is 1. The summed E-state index contributed by atoms with van der Waals surface area (Å²) in [6, 6.07) is 5.77. The van der Waals surface area contributed by atoms with Crippen molar-refractivity contribution in [2.75, 3.05) is 19.7 Å². The molecule has 1 aliphatic rings. The molecule has 1 N–H and O–H groups in total. The fourth-order valence-electron chi connectivity index (χ4n) is 3.00. The van der Waals surface area contributed by atoms with E-state index in [0.29, 0.717) is 25.3 Å². The first-order valence-corrected chi connectivity index (χ1v) is 8.43. The lowest BCUT2D eigenvalue weighted by Crippen LogP contribution is -2.33. The zero-order valence-corrected chi connectivity index (χ0v) is 14.6. The maximum absolute atomic E-state index is 12.4. The summed E-state index contributed by atoms with van der Waals surface area (Å²) in [6.45, 7) is 4.87. The van der Waals surface area contributed by atoms with Gasteiger partial charge in [-0.25, -0.2) is 0 Å². The Labute approximate surface area is 147 Å². The molecule has 25 heavy (non-hydrogen) atoms. The fraction of sp³-hybridized carbons (Fsp3) is 0.421. The van der Waals surface area contributed by atoms with E-state index >= 15 is 0 Å². The molecular formula is C19H23N3O3. The topological polar surface area (TPSA) is 75.5 Å². The number of rotatable bonds is 5. The number of likely N-dealkylation sites (tertiary alicyclic amines) is 1. The number of nitrogens with zero attached hydrogens (tertiary/aromatic N) is 3. The lowest BCUT2D eigenvalue weighted by atomic mass is 10.0. The highest BCUT2D eigenvalue weighted by molar-refractivity contribution is 5.78. The van der Waals surface area contributed by atoms with Crippen LogP contribution in [-0.4, -0.2) is 51.7 Å². The number of ether oxygens (including phenoxy) is 1. The second-order valence-corrected chi connectivity index (χ2v) is 6.56. The van der Waals surface area contributed by atoms with Gasteiger partial charge < -0.3 is 14.7 Å². The molecular weight excluding hydrogens is 318 g/mol. The third kappa shape index (κ3) is 4.33. The van der Waals surface area contributed by atoms with Crippen LogP contribution < -0.4 is 4.74 Å². The van der Waals surface area contributed by atoms with Crippen molar-refractivity contribution in [3.63, 3.8) is 0 Å². The maximum atomic E-state index is 12.4. The normalized spacial score (nSPS) is 19.9. The molecule has 6 nitrogen and oxygen atoms in total. The van der Waals surface area contributed by atoms with Crippen LogP contribution in [-0.2, 0) is 11.2 Å². The molecule has 1 saturated heterocycles. The minimum Gasteiger partial charge on any atom is -0.484 e. The van der Waals surface area contributed by atoms with Gasteiger partial charge in [-0.3, -0.25) is 14.8 Å². The summed E-state index contributed by atoms with van der Waals surface area (Å²) in [5.41, 5.74) is 3.14. The van der Waals surface area contributed by atoms with Crippen molar-refractivity contribution in [3.05, 3.63) is 53.6 Å². The molecule has 2 heterocycles. The van der Waals surface area contributed by atoms with Gasteiger partial charge >= 0.3 is 0 Å². The van der Waals surface area contributed by atoms with Gasteiger partial charge in [0, 0.05) is 37.6 Å². The largest absolute Gasteiger partial charge is 0.484 e. The van der Waals surface area contributed by atoms with Crippen LogP contribution in [0.1, 0.15) is 16.8 Å². The van der Waals surface area contributed by atoms with Crippen LogP contribution in [0.5, 0.6) is 5.75 Å². The Morgan fingerprint density at radius 1 is 1.28 bits per heavy atom. The summed E-state index contributed by atoms with van der Waals surface area (Å²) in [5.74, 6) is 0.550. The second-order valence-electron chi connectivity index (χ2n) is 6.56. The first-order chi connectivity index (χ1) is 12.0. The number of hydrogen-bond acceptors (Lipinski definition) is 5. The molecule has 6 heteroatoms. The summed E-state index contributed by atoms with van der Waals surface area (Å²) in [5, 5.41) is 10.2. The first-order valence-electron chi connectivity index (χ1n) is 8.43. The van der Waals surface area contributed by atoms with Gasteiger partial charge in [0.05, 0.1) is 11.8 Å². The molecule has 1 aliphatic heterocycles. The number of aryl methyl sites for hydroxylation is 2. The number of aliphatic hydroxyl groups excluding tert-OH is 1. The Balaban J connectivity index is 1.53. The van der Waals surface area contributed by atoms with Crippen LogP contribution in [0.15, 0.2) is 36.8 Å². The summed E-state index contributed by atoms with van der Waals surface area (Å²) in [4.78, 5) is 22.3. The molecule has 0 unspecified atom stereocenters. The van der Waals surface area contributed by atoms with Crippen LogP contribution in [0, 0.1) is 19.8 Å². The summed E-state index contributed by atoms with van der Waals surface area (Å²) in [6.07, 6.45) is 5.01. The third-order valence-electron chi connectivity index (χ3n) is 4.69. The number of carbonyl (C=O) groups is 1. The van der Waals surface area contributed by atoms with E-state index in [1.807, 2.05) is 32.0 Å². The predicted molar refractivity (Wildman–Crippen MR) is 93.2 cm³/mol. The van der Waals surface area contributed by atoms with Crippen molar-refractivity contribution < 1.29 is 14.6 Å². The molecule has 2 aromatic rings. The maximum Gasteiger partial charge on any atom is 0.260 e. The van der Waals surface area contributed by atoms with Crippen LogP contribution in [0.25, 0.3) is 0 Å². The highest BCUT2D eigenvalue weighted by Crippen LogP contribution is 2.21. The number of benzene rings is 1. The molecule has 2 atom stereocenters. The van der Waals surface area contributed by atoms with E-state index in [4.69, 9.17) is 4.74 Å². The quantitative estimate of drug-likeness (QED) is 0.893. The van der Waals surface area contributed by atoms with E-state index < -0.39 is 6.10 Å². The minimum atomic E-state index is -0.549. The summed E-state index contributed by atoms with van der Waals surface area (Å²) in [7, 11) is 0. The third-order valence-corrected chi connectivity index (χ3v) is 4.69. The average molecular weight is 341 g/mol. The molecule has 0 bridgehead atoms. The number of amides is 1. The standard InChI is InChI=1S/C19H23N3O3/c1-13-3-4-17(7-14(13)2)25-12-19(24)22-10-15(18(23)11-22)8-16-9-20-5-6-21-16/h3-7,9,15,18,23H,8,10-12H2,1-2H3/t15-,18-/m1/s1. The molecule has 1 amide bonds. The number of hydrogen-bond donors (Lipinski definition) is 1. The Bertz CT molecular complexity index is 736. The molecule has 1 aromatic carbocycles. The minimum absolute atomic E-state index is 0.0208. The van der Waals surface area contributed by atoms with Gasteiger partial charge in [0.25, 0.3) is 5.91 Å². The Hall–Kier alpha value is -2.47. The van der Waals surface area contributed by atoms with Crippen molar-refractivity contribution in [1.82, 2.24) is 14.9 Å². The van der Waals surface area contributed by atoms with Crippen LogP contribution in [0.3, 0.4) is 0 Å². The van der Waals surface area contributed by atoms with Gasteiger partial charge in [-0.1, -0.05) is 6.07 Å². The van der Waals surface area contributed by atoms with Crippen molar-refractivity contribution in [2.45, 2.75) is 26.4 Å². The van der Waals surface area contributed by atoms with Gasteiger partial charge in [-0.15, -0.1) is 0 Å². The molecule has 0 saturated carbocycles. The molecule has 132 valence electrons. The second kappa shape index (κ2) is 7.61. The first kappa shape index (κ1) is 17.4. The molecule has 0 radical (unpaired) electrons. The van der Waals surface area contributed by atoms with Gasteiger partial charge in [0.2, 0.25) is 0 Å². The smallest absolute Gasteiger partial charge is 0.260 e. The molecule has 1 aromatic heterocycles. The highest BCUT2D eigenvalue weighted by atomic mass is 16.5. The predicted octanol–water partition coefficient (Wildman–Crippen LogP) is 1.53. The lowest BCUT2D eigenvalue weighted by molar-refractivity contribution is -0.132.